The van der Waals surface area contributed by atoms with E-state index in [2.05, 4.69) is 5.32 Å². The highest BCUT2D eigenvalue weighted by Crippen LogP contribution is 1.99. The first-order valence-corrected chi connectivity index (χ1v) is 4.08. The third kappa shape index (κ3) is 4.87. The maximum Gasteiger partial charge on any atom is 0.241 e. The van der Waals surface area contributed by atoms with E-state index in [4.69, 9.17) is 5.26 Å². The van der Waals surface area contributed by atoms with Gasteiger partial charge in [-0.25, -0.2) is 0 Å². The lowest BCUT2D eigenvalue weighted by Gasteiger charge is -2.04. The number of carbonyl (C=O) groups is 1. The van der Waals surface area contributed by atoms with Gasteiger partial charge in [0.25, 0.3) is 0 Å². The molecule has 6 heteroatoms. The highest BCUT2D eigenvalue weighted by atomic mass is 16.6. The molecule has 14 heavy (non-hydrogen) atoms. The predicted octanol–water partition coefficient (Wildman–Crippen LogP) is 0.238. The first kappa shape index (κ1) is 12.1. The second-order valence-corrected chi connectivity index (χ2v) is 2.50. The molecular formula is C8H11N3O3. The molecule has 0 spiro atoms. The molecule has 1 atom stereocenters. The largest absolute Gasteiger partial charge is 0.356 e. The van der Waals surface area contributed by atoms with E-state index in [1.165, 1.54) is 0 Å². The van der Waals surface area contributed by atoms with E-state index >= 15 is 0 Å². The van der Waals surface area contributed by atoms with Gasteiger partial charge < -0.3 is 5.32 Å². The molecule has 6 nitrogen and oxygen atoms in total. The van der Waals surface area contributed by atoms with Crippen molar-refractivity contribution in [2.45, 2.75) is 19.4 Å². The van der Waals surface area contributed by atoms with Gasteiger partial charge in [0.05, 0.1) is 12.5 Å². The Bertz CT molecular complexity index is 280. The Kier molecular flexibility index (Phi) is 5.70. The van der Waals surface area contributed by atoms with Crippen LogP contribution in [-0.4, -0.2) is 23.4 Å². The van der Waals surface area contributed by atoms with Gasteiger partial charge in [0.2, 0.25) is 11.9 Å². The molecule has 0 aliphatic carbocycles. The number of rotatable bonds is 5. The molecule has 1 amide bonds. The van der Waals surface area contributed by atoms with Crippen LogP contribution in [0.3, 0.4) is 0 Å². The van der Waals surface area contributed by atoms with E-state index in [9.17, 15) is 14.9 Å². The van der Waals surface area contributed by atoms with E-state index < -0.39 is 16.9 Å². The number of hydrogen-bond acceptors (Lipinski definition) is 4. The number of allylic oxidation sites excluding steroid dienone is 1. The van der Waals surface area contributed by atoms with Crippen LogP contribution in [0.25, 0.3) is 0 Å². The molecule has 0 aromatic carbocycles. The third-order valence-electron chi connectivity index (χ3n) is 1.43. The topological polar surface area (TPSA) is 96.0 Å². The van der Waals surface area contributed by atoms with Crippen LogP contribution in [0.4, 0.5) is 0 Å². The van der Waals surface area contributed by atoms with Crippen molar-refractivity contribution >= 4 is 5.91 Å². The number of nitriles is 1. The quantitative estimate of drug-likeness (QED) is 0.388. The molecule has 0 aliphatic heterocycles. The van der Waals surface area contributed by atoms with Crippen LogP contribution in [-0.2, 0) is 4.79 Å². The number of nitro groups is 1. The molecule has 0 heterocycles. The summed E-state index contributed by atoms with van der Waals surface area (Å²) in [5, 5.41) is 21.0. The first-order chi connectivity index (χ1) is 6.61. The molecule has 1 N–H and O–H groups in total. The van der Waals surface area contributed by atoms with Crippen LogP contribution in [0.1, 0.15) is 13.3 Å². The molecule has 0 saturated heterocycles. The van der Waals surface area contributed by atoms with Crippen molar-refractivity contribution in [1.29, 1.82) is 5.26 Å². The summed E-state index contributed by atoms with van der Waals surface area (Å²) in [5.74, 6) is -0.392. The van der Waals surface area contributed by atoms with E-state index in [0.717, 1.165) is 12.2 Å². The van der Waals surface area contributed by atoms with Crippen molar-refractivity contribution in [3.63, 3.8) is 0 Å². The van der Waals surface area contributed by atoms with Crippen molar-refractivity contribution in [3.05, 3.63) is 22.3 Å². The Balaban J connectivity index is 4.25. The SMILES string of the molecule is CCNC(=O)CC(C=CC#N)[N+](=O)[O-]. The molecule has 0 aromatic rings. The second-order valence-electron chi connectivity index (χ2n) is 2.50. The van der Waals surface area contributed by atoms with Crippen LogP contribution < -0.4 is 5.32 Å². The van der Waals surface area contributed by atoms with Crippen molar-refractivity contribution in [1.82, 2.24) is 5.32 Å². The lowest BCUT2D eigenvalue weighted by atomic mass is 10.2. The third-order valence-corrected chi connectivity index (χ3v) is 1.43. The van der Waals surface area contributed by atoms with Crippen molar-refractivity contribution in [3.8, 4) is 6.07 Å². The van der Waals surface area contributed by atoms with Gasteiger partial charge in [-0.2, -0.15) is 5.26 Å². The summed E-state index contributed by atoms with van der Waals surface area (Å²) in [6, 6.07) is 0.518. The summed E-state index contributed by atoms with van der Waals surface area (Å²) in [6.45, 7) is 2.16. The average molecular weight is 197 g/mol. The van der Waals surface area contributed by atoms with Gasteiger partial charge in [0.1, 0.15) is 0 Å². The lowest BCUT2D eigenvalue weighted by Crippen LogP contribution is -2.29. The number of hydrogen-bond donors (Lipinski definition) is 1. The van der Waals surface area contributed by atoms with Crippen molar-refractivity contribution in [2.24, 2.45) is 0 Å². The van der Waals surface area contributed by atoms with Crippen LogP contribution in [0.2, 0.25) is 0 Å². The zero-order chi connectivity index (χ0) is 11.0. The molecule has 76 valence electrons. The predicted molar refractivity (Wildman–Crippen MR) is 48.8 cm³/mol. The van der Waals surface area contributed by atoms with Gasteiger partial charge in [0, 0.05) is 17.5 Å². The first-order valence-electron chi connectivity index (χ1n) is 4.08. The monoisotopic (exact) mass is 197 g/mol. The second kappa shape index (κ2) is 6.60. The van der Waals surface area contributed by atoms with Gasteiger partial charge in [-0.3, -0.25) is 14.9 Å². The van der Waals surface area contributed by atoms with Gasteiger partial charge in [-0.15, -0.1) is 0 Å². The summed E-state index contributed by atoms with van der Waals surface area (Å²) in [4.78, 5) is 20.8. The molecule has 1 unspecified atom stereocenters. The van der Waals surface area contributed by atoms with Crippen molar-refractivity contribution in [2.75, 3.05) is 6.54 Å². The van der Waals surface area contributed by atoms with Gasteiger partial charge >= 0.3 is 0 Å². The summed E-state index contributed by atoms with van der Waals surface area (Å²) in [7, 11) is 0. The average Bonchev–Trinajstić information content (AvgIpc) is 2.12. The highest BCUT2D eigenvalue weighted by Gasteiger charge is 2.19. The van der Waals surface area contributed by atoms with E-state index in [0.29, 0.717) is 6.54 Å². The van der Waals surface area contributed by atoms with Crippen LogP contribution in [0, 0.1) is 21.4 Å². The molecular weight excluding hydrogens is 186 g/mol. The standard InChI is InChI=1S/C8H11N3O3/c1-2-10-8(12)6-7(11(13)14)4-3-5-9/h3-4,7H,2,6H2,1H3,(H,10,12). The Morgan fingerprint density at radius 2 is 2.43 bits per heavy atom. The minimum atomic E-state index is -1.12. The van der Waals surface area contributed by atoms with Crippen LogP contribution in [0.15, 0.2) is 12.2 Å². The summed E-state index contributed by atoms with van der Waals surface area (Å²) in [6.07, 6.45) is 1.88. The van der Waals surface area contributed by atoms with Gasteiger partial charge in [-0.05, 0) is 13.0 Å². The number of nitrogens with zero attached hydrogens (tertiary/aromatic N) is 2. The lowest BCUT2D eigenvalue weighted by molar-refractivity contribution is -0.508. The zero-order valence-electron chi connectivity index (χ0n) is 7.77. The summed E-state index contributed by atoms with van der Waals surface area (Å²) >= 11 is 0. The summed E-state index contributed by atoms with van der Waals surface area (Å²) in [5.41, 5.74) is 0. The molecule has 0 bridgehead atoms. The number of amides is 1. The zero-order valence-corrected chi connectivity index (χ0v) is 7.77. The molecule has 0 radical (unpaired) electrons. The maximum atomic E-state index is 11.0. The number of carbonyl (C=O) groups excluding carboxylic acids is 1. The Morgan fingerprint density at radius 3 is 2.86 bits per heavy atom. The molecule has 0 rings (SSSR count). The molecule has 0 fully saturated rings. The fourth-order valence-corrected chi connectivity index (χ4v) is 0.826. The Hall–Kier alpha value is -1.90. The number of nitrogens with one attached hydrogen (secondary N) is 1. The minimum Gasteiger partial charge on any atom is -0.356 e. The Labute approximate surface area is 81.4 Å². The van der Waals surface area contributed by atoms with Crippen molar-refractivity contribution < 1.29 is 9.72 Å². The maximum absolute atomic E-state index is 11.0. The summed E-state index contributed by atoms with van der Waals surface area (Å²) < 4.78 is 0. The molecule has 0 aromatic heterocycles. The highest BCUT2D eigenvalue weighted by molar-refractivity contribution is 5.76. The Morgan fingerprint density at radius 1 is 1.79 bits per heavy atom. The van der Waals surface area contributed by atoms with E-state index in [-0.39, 0.29) is 6.42 Å². The van der Waals surface area contributed by atoms with Gasteiger partial charge in [0.15, 0.2) is 0 Å². The van der Waals surface area contributed by atoms with Crippen LogP contribution >= 0.6 is 0 Å². The van der Waals surface area contributed by atoms with E-state index in [1.54, 1.807) is 13.0 Å². The normalized spacial score (nSPS) is 12.0. The minimum absolute atomic E-state index is 0.237. The van der Waals surface area contributed by atoms with Gasteiger partial charge in [-0.1, -0.05) is 0 Å². The molecule has 0 saturated carbocycles. The fourth-order valence-electron chi connectivity index (χ4n) is 0.826. The molecule has 0 aliphatic rings. The smallest absolute Gasteiger partial charge is 0.241 e. The van der Waals surface area contributed by atoms with Crippen LogP contribution in [0.5, 0.6) is 0 Å². The van der Waals surface area contributed by atoms with E-state index in [1.807, 2.05) is 0 Å². The fraction of sp³-hybridized carbons (Fsp3) is 0.500.